The van der Waals surface area contributed by atoms with Crippen molar-refractivity contribution in [3.8, 4) is 11.5 Å². The maximum atomic E-state index is 13.1. The molecule has 0 bridgehead atoms. The molecule has 0 spiro atoms. The topological polar surface area (TPSA) is 35.5 Å². The van der Waals surface area contributed by atoms with Crippen LogP contribution in [0.15, 0.2) is 60.7 Å². The van der Waals surface area contributed by atoms with E-state index in [1.54, 1.807) is 24.3 Å². The van der Waals surface area contributed by atoms with Gasteiger partial charge in [-0.05, 0) is 30.7 Å². The molecule has 2 aromatic rings. The van der Waals surface area contributed by atoms with Crippen LogP contribution in [0.4, 0.5) is 0 Å². The Hall–Kier alpha value is -1.73. The van der Waals surface area contributed by atoms with Gasteiger partial charge in [-0.2, -0.15) is 0 Å². The SMILES string of the molecule is CCCCCCCP(=O)(Oc1ccccc1)Oc1ccccc1. The van der Waals surface area contributed by atoms with Gasteiger partial charge >= 0.3 is 7.60 Å². The van der Waals surface area contributed by atoms with Gasteiger partial charge in [-0.15, -0.1) is 0 Å². The van der Waals surface area contributed by atoms with Crippen LogP contribution < -0.4 is 9.05 Å². The van der Waals surface area contributed by atoms with Crippen LogP contribution in [0.3, 0.4) is 0 Å². The first-order valence-corrected chi connectivity index (χ1v) is 10.0. The van der Waals surface area contributed by atoms with E-state index in [1.165, 1.54) is 12.8 Å². The molecule has 0 amide bonds. The second-order valence-corrected chi connectivity index (χ2v) is 7.59. The molecule has 23 heavy (non-hydrogen) atoms. The van der Waals surface area contributed by atoms with E-state index >= 15 is 0 Å². The second-order valence-electron chi connectivity index (χ2n) is 5.56. The maximum Gasteiger partial charge on any atom is 0.430 e. The first-order valence-electron chi connectivity index (χ1n) is 8.30. The van der Waals surface area contributed by atoms with Crippen molar-refractivity contribution < 1.29 is 13.6 Å². The molecule has 0 heterocycles. The molecule has 0 fully saturated rings. The quantitative estimate of drug-likeness (QED) is 0.378. The lowest BCUT2D eigenvalue weighted by Crippen LogP contribution is -2.05. The van der Waals surface area contributed by atoms with E-state index < -0.39 is 7.60 Å². The van der Waals surface area contributed by atoms with Crippen molar-refractivity contribution in [3.63, 3.8) is 0 Å². The van der Waals surface area contributed by atoms with Gasteiger partial charge < -0.3 is 9.05 Å². The molecule has 124 valence electrons. The van der Waals surface area contributed by atoms with Gasteiger partial charge in [0.25, 0.3) is 0 Å². The fraction of sp³-hybridized carbons (Fsp3) is 0.368. The van der Waals surface area contributed by atoms with Gasteiger partial charge in [0.2, 0.25) is 0 Å². The molecule has 0 aliphatic rings. The summed E-state index contributed by atoms with van der Waals surface area (Å²) < 4.78 is 24.6. The number of hydrogen-bond acceptors (Lipinski definition) is 3. The highest BCUT2D eigenvalue weighted by molar-refractivity contribution is 7.54. The van der Waals surface area contributed by atoms with Crippen LogP contribution in [-0.4, -0.2) is 6.16 Å². The molecule has 0 atom stereocenters. The standard InChI is InChI=1S/C19H25O3P/c1-2-3-4-5-12-17-23(20,21-18-13-8-6-9-14-18)22-19-15-10-7-11-16-19/h6-11,13-16H,2-5,12,17H2,1H3. The van der Waals surface area contributed by atoms with Crippen LogP contribution in [0.1, 0.15) is 39.0 Å². The Morgan fingerprint density at radius 3 is 1.70 bits per heavy atom. The summed E-state index contributed by atoms with van der Waals surface area (Å²) in [4.78, 5) is 0. The summed E-state index contributed by atoms with van der Waals surface area (Å²) in [7, 11) is -3.21. The summed E-state index contributed by atoms with van der Waals surface area (Å²) >= 11 is 0. The van der Waals surface area contributed by atoms with Gasteiger partial charge in [0, 0.05) is 0 Å². The van der Waals surface area contributed by atoms with Crippen molar-refractivity contribution in [3.05, 3.63) is 60.7 Å². The molecular weight excluding hydrogens is 307 g/mol. The molecule has 0 radical (unpaired) electrons. The highest BCUT2D eigenvalue weighted by atomic mass is 31.2. The average molecular weight is 332 g/mol. The van der Waals surface area contributed by atoms with E-state index in [2.05, 4.69) is 6.92 Å². The van der Waals surface area contributed by atoms with Gasteiger partial charge in [-0.3, -0.25) is 0 Å². The zero-order valence-electron chi connectivity index (χ0n) is 13.7. The van der Waals surface area contributed by atoms with E-state index in [0.717, 1.165) is 19.3 Å². The predicted octanol–water partition coefficient (Wildman–Crippen LogP) is 6.31. The summed E-state index contributed by atoms with van der Waals surface area (Å²) in [6.07, 6.45) is 5.89. The maximum absolute atomic E-state index is 13.1. The van der Waals surface area contributed by atoms with Crippen LogP contribution in [0.5, 0.6) is 11.5 Å². The second kappa shape index (κ2) is 9.42. The summed E-state index contributed by atoms with van der Waals surface area (Å²) in [5.74, 6) is 1.17. The molecular formula is C19H25O3P. The molecule has 2 rings (SSSR count). The van der Waals surface area contributed by atoms with E-state index in [4.69, 9.17) is 9.05 Å². The molecule has 0 aliphatic heterocycles. The third-order valence-electron chi connectivity index (χ3n) is 3.51. The first kappa shape index (κ1) is 17.6. The van der Waals surface area contributed by atoms with Crippen LogP contribution in [0, 0.1) is 0 Å². The summed E-state index contributed by atoms with van der Waals surface area (Å²) in [6, 6.07) is 18.5. The average Bonchev–Trinajstić information content (AvgIpc) is 2.56. The number of para-hydroxylation sites is 2. The minimum absolute atomic E-state index is 0.431. The molecule has 2 aromatic carbocycles. The van der Waals surface area contributed by atoms with Crippen molar-refractivity contribution in [1.29, 1.82) is 0 Å². The van der Waals surface area contributed by atoms with Crippen molar-refractivity contribution in [1.82, 2.24) is 0 Å². The smallest absolute Gasteiger partial charge is 0.416 e. The Kier molecular flexibility index (Phi) is 7.22. The third-order valence-corrected chi connectivity index (χ3v) is 5.35. The van der Waals surface area contributed by atoms with Crippen LogP contribution >= 0.6 is 7.60 Å². The molecule has 0 N–H and O–H groups in total. The normalized spacial score (nSPS) is 11.2. The summed E-state index contributed by atoms with van der Waals surface area (Å²) in [5, 5.41) is 0. The Bertz CT molecular complexity index is 553. The largest absolute Gasteiger partial charge is 0.430 e. The number of unbranched alkanes of at least 4 members (excludes halogenated alkanes) is 4. The highest BCUT2D eigenvalue weighted by Crippen LogP contribution is 2.49. The zero-order valence-corrected chi connectivity index (χ0v) is 14.6. The van der Waals surface area contributed by atoms with E-state index in [1.807, 2.05) is 36.4 Å². The van der Waals surface area contributed by atoms with Gasteiger partial charge in [0.05, 0.1) is 6.16 Å². The van der Waals surface area contributed by atoms with Gasteiger partial charge in [0.1, 0.15) is 11.5 Å². The Balaban J connectivity index is 2.02. The van der Waals surface area contributed by atoms with Crippen molar-refractivity contribution >= 4 is 7.60 Å². The number of rotatable bonds is 10. The molecule has 0 unspecified atom stereocenters. The lowest BCUT2D eigenvalue weighted by molar-refractivity contribution is 0.383. The minimum Gasteiger partial charge on any atom is -0.416 e. The van der Waals surface area contributed by atoms with Gasteiger partial charge in [0.15, 0.2) is 0 Å². The summed E-state index contributed by atoms with van der Waals surface area (Å²) in [5.41, 5.74) is 0. The Morgan fingerprint density at radius 1 is 0.739 bits per heavy atom. The highest BCUT2D eigenvalue weighted by Gasteiger charge is 2.27. The lowest BCUT2D eigenvalue weighted by Gasteiger charge is -2.20. The Labute approximate surface area is 139 Å². The van der Waals surface area contributed by atoms with Crippen LogP contribution in [-0.2, 0) is 4.57 Å². The van der Waals surface area contributed by atoms with Crippen molar-refractivity contribution in [2.24, 2.45) is 0 Å². The fourth-order valence-electron chi connectivity index (χ4n) is 2.30. The van der Waals surface area contributed by atoms with Crippen LogP contribution in [0.2, 0.25) is 0 Å². The van der Waals surface area contributed by atoms with Crippen LogP contribution in [0.25, 0.3) is 0 Å². The Morgan fingerprint density at radius 2 is 1.22 bits per heavy atom. The van der Waals surface area contributed by atoms with E-state index in [0.29, 0.717) is 17.7 Å². The number of hydrogen-bond donors (Lipinski definition) is 0. The first-order chi connectivity index (χ1) is 11.2. The monoisotopic (exact) mass is 332 g/mol. The van der Waals surface area contributed by atoms with E-state index in [9.17, 15) is 4.57 Å². The molecule has 0 aliphatic carbocycles. The molecule has 0 aromatic heterocycles. The number of benzene rings is 2. The third kappa shape index (κ3) is 6.50. The molecule has 0 saturated heterocycles. The predicted molar refractivity (Wildman–Crippen MR) is 95.4 cm³/mol. The fourth-order valence-corrected chi connectivity index (χ4v) is 4.02. The van der Waals surface area contributed by atoms with Gasteiger partial charge in [-0.25, -0.2) is 4.57 Å². The summed E-state index contributed by atoms with van der Waals surface area (Å²) in [6.45, 7) is 2.18. The molecule has 4 heteroatoms. The lowest BCUT2D eigenvalue weighted by atomic mass is 10.2. The molecule has 3 nitrogen and oxygen atoms in total. The van der Waals surface area contributed by atoms with Crippen molar-refractivity contribution in [2.45, 2.75) is 39.0 Å². The van der Waals surface area contributed by atoms with Gasteiger partial charge in [-0.1, -0.05) is 69.0 Å². The van der Waals surface area contributed by atoms with Crippen molar-refractivity contribution in [2.75, 3.05) is 6.16 Å². The minimum atomic E-state index is -3.21. The van der Waals surface area contributed by atoms with E-state index in [-0.39, 0.29) is 0 Å². The zero-order chi connectivity index (χ0) is 16.4. The molecule has 0 saturated carbocycles.